The maximum Gasteiger partial charge on any atom is 0.321 e. The number of aryl methyl sites for hydroxylation is 1. The number of nitrogens with zero attached hydrogens (tertiary/aromatic N) is 3. The summed E-state index contributed by atoms with van der Waals surface area (Å²) in [7, 11) is 0. The van der Waals surface area contributed by atoms with E-state index in [1.165, 1.54) is 11.3 Å². The summed E-state index contributed by atoms with van der Waals surface area (Å²) >= 11 is 1.42. The number of carbonyl (C=O) groups is 1. The average molecular weight is 303 g/mol. The molecule has 7 nitrogen and oxygen atoms in total. The van der Waals surface area contributed by atoms with E-state index in [0.29, 0.717) is 16.8 Å². The monoisotopic (exact) mass is 303 g/mol. The highest BCUT2D eigenvalue weighted by atomic mass is 32.1. The Bertz CT molecular complexity index is 749. The number of carbonyl (C=O) groups excluding carboxylic acids is 1. The third kappa shape index (κ3) is 3.00. The first kappa shape index (κ1) is 13.5. The summed E-state index contributed by atoms with van der Waals surface area (Å²) in [6.45, 7) is 3.49. The first-order valence-electron chi connectivity index (χ1n) is 6.35. The van der Waals surface area contributed by atoms with E-state index < -0.39 is 0 Å². The first-order chi connectivity index (χ1) is 10.1. The van der Waals surface area contributed by atoms with E-state index in [0.717, 1.165) is 10.2 Å². The molecule has 0 aliphatic rings. The van der Waals surface area contributed by atoms with Crippen molar-refractivity contribution in [3.63, 3.8) is 0 Å². The van der Waals surface area contributed by atoms with Crippen LogP contribution in [0.4, 0.5) is 9.93 Å². The van der Waals surface area contributed by atoms with Gasteiger partial charge >= 0.3 is 6.03 Å². The Morgan fingerprint density at radius 2 is 2.14 bits per heavy atom. The largest absolute Gasteiger partial charge is 0.337 e. The molecule has 0 aliphatic heterocycles. The fourth-order valence-electron chi connectivity index (χ4n) is 1.81. The standard InChI is InChI=1S/C13H13N5O2S/c1-7(11-15-8(2)18-20-11)14-12(19)17-13-16-9-5-3-4-6-10(9)21-13/h3-7H,1-2H3,(H2,14,16,17,19)/t7-/m1/s1. The van der Waals surface area contributed by atoms with Gasteiger partial charge in [-0.2, -0.15) is 4.98 Å². The average Bonchev–Trinajstić information content (AvgIpc) is 3.03. The highest BCUT2D eigenvalue weighted by Crippen LogP contribution is 2.25. The number of fused-ring (bicyclic) bond motifs is 1. The lowest BCUT2D eigenvalue weighted by atomic mass is 10.3. The van der Waals surface area contributed by atoms with E-state index in [1.54, 1.807) is 13.8 Å². The molecule has 21 heavy (non-hydrogen) atoms. The van der Waals surface area contributed by atoms with Gasteiger partial charge in [0, 0.05) is 0 Å². The Kier molecular flexibility index (Phi) is 3.53. The molecular weight excluding hydrogens is 290 g/mol. The number of hydrogen-bond donors (Lipinski definition) is 2. The molecule has 3 rings (SSSR count). The number of hydrogen-bond acceptors (Lipinski definition) is 6. The summed E-state index contributed by atoms with van der Waals surface area (Å²) < 4.78 is 6.03. The molecule has 0 radical (unpaired) electrons. The summed E-state index contributed by atoms with van der Waals surface area (Å²) in [6.07, 6.45) is 0. The van der Waals surface area contributed by atoms with Crippen LogP contribution in [-0.4, -0.2) is 21.2 Å². The molecule has 3 aromatic rings. The molecule has 0 saturated heterocycles. The molecule has 8 heteroatoms. The zero-order chi connectivity index (χ0) is 14.8. The van der Waals surface area contributed by atoms with Gasteiger partial charge in [-0.25, -0.2) is 9.78 Å². The van der Waals surface area contributed by atoms with Crippen LogP contribution in [0.2, 0.25) is 0 Å². The lowest BCUT2D eigenvalue weighted by molar-refractivity contribution is 0.245. The molecule has 0 spiro atoms. The number of para-hydroxylation sites is 1. The van der Waals surface area contributed by atoms with Crippen LogP contribution in [0.1, 0.15) is 24.7 Å². The van der Waals surface area contributed by atoms with Crippen molar-refractivity contribution in [1.82, 2.24) is 20.4 Å². The number of thiazole rings is 1. The van der Waals surface area contributed by atoms with Crippen molar-refractivity contribution in [2.75, 3.05) is 5.32 Å². The number of nitrogens with one attached hydrogen (secondary N) is 2. The second-order valence-corrected chi connectivity index (χ2v) is 5.52. The molecule has 2 aromatic heterocycles. The van der Waals surface area contributed by atoms with Gasteiger partial charge in [-0.05, 0) is 26.0 Å². The second-order valence-electron chi connectivity index (χ2n) is 4.49. The van der Waals surface area contributed by atoms with Crippen molar-refractivity contribution in [3.05, 3.63) is 36.0 Å². The van der Waals surface area contributed by atoms with Gasteiger partial charge in [0.05, 0.1) is 10.2 Å². The van der Waals surface area contributed by atoms with Gasteiger partial charge in [0.1, 0.15) is 6.04 Å². The van der Waals surface area contributed by atoms with Crippen molar-refractivity contribution in [2.45, 2.75) is 19.9 Å². The zero-order valence-corrected chi connectivity index (χ0v) is 12.3. The quantitative estimate of drug-likeness (QED) is 0.776. The Morgan fingerprint density at radius 3 is 2.86 bits per heavy atom. The summed E-state index contributed by atoms with van der Waals surface area (Å²) in [5.41, 5.74) is 0.860. The van der Waals surface area contributed by atoms with Crippen molar-refractivity contribution in [1.29, 1.82) is 0 Å². The van der Waals surface area contributed by atoms with E-state index in [2.05, 4.69) is 25.8 Å². The maximum absolute atomic E-state index is 11.9. The topological polar surface area (TPSA) is 92.9 Å². The first-order valence-corrected chi connectivity index (χ1v) is 7.17. The van der Waals surface area contributed by atoms with Crippen molar-refractivity contribution < 1.29 is 9.32 Å². The van der Waals surface area contributed by atoms with Crippen molar-refractivity contribution in [2.24, 2.45) is 0 Å². The van der Waals surface area contributed by atoms with Crippen LogP contribution < -0.4 is 10.6 Å². The van der Waals surface area contributed by atoms with E-state index in [9.17, 15) is 4.79 Å². The van der Waals surface area contributed by atoms with Gasteiger partial charge in [-0.1, -0.05) is 28.6 Å². The molecule has 2 amide bonds. The summed E-state index contributed by atoms with van der Waals surface area (Å²) in [6, 6.07) is 6.97. The third-order valence-corrected chi connectivity index (χ3v) is 3.73. The van der Waals surface area contributed by atoms with Crippen molar-refractivity contribution >= 4 is 32.7 Å². The Hall–Kier alpha value is -2.48. The van der Waals surface area contributed by atoms with Gasteiger partial charge in [0.25, 0.3) is 0 Å². The lowest BCUT2D eigenvalue weighted by Gasteiger charge is -2.09. The van der Waals surface area contributed by atoms with E-state index >= 15 is 0 Å². The molecule has 0 bridgehead atoms. The van der Waals surface area contributed by atoms with Gasteiger partial charge in [-0.15, -0.1) is 0 Å². The number of amides is 2. The molecule has 1 atom stereocenters. The SMILES string of the molecule is Cc1noc([C@@H](C)NC(=O)Nc2nc3ccccc3s2)n1. The molecule has 0 aliphatic carbocycles. The van der Waals surface area contributed by atoms with Crippen LogP contribution in [0.3, 0.4) is 0 Å². The van der Waals surface area contributed by atoms with Crippen LogP contribution in [0.15, 0.2) is 28.8 Å². The smallest absolute Gasteiger partial charge is 0.321 e. The zero-order valence-electron chi connectivity index (χ0n) is 11.5. The summed E-state index contributed by atoms with van der Waals surface area (Å²) in [4.78, 5) is 20.3. The number of benzene rings is 1. The fourth-order valence-corrected chi connectivity index (χ4v) is 2.67. The van der Waals surface area contributed by atoms with Gasteiger partial charge in [0.2, 0.25) is 5.89 Å². The molecule has 0 fully saturated rings. The van der Waals surface area contributed by atoms with Crippen LogP contribution in [-0.2, 0) is 0 Å². The van der Waals surface area contributed by atoms with Gasteiger partial charge < -0.3 is 9.84 Å². The van der Waals surface area contributed by atoms with Crippen molar-refractivity contribution in [3.8, 4) is 0 Å². The van der Waals surface area contributed by atoms with E-state index in [1.807, 2.05) is 24.3 Å². The summed E-state index contributed by atoms with van der Waals surface area (Å²) in [5.74, 6) is 0.900. The molecule has 108 valence electrons. The third-order valence-electron chi connectivity index (χ3n) is 2.78. The molecule has 2 heterocycles. The highest BCUT2D eigenvalue weighted by Gasteiger charge is 2.16. The number of anilines is 1. The van der Waals surface area contributed by atoms with Crippen LogP contribution in [0.5, 0.6) is 0 Å². The fraction of sp³-hybridized carbons (Fsp3) is 0.231. The van der Waals surface area contributed by atoms with Crippen LogP contribution in [0, 0.1) is 6.92 Å². The lowest BCUT2D eigenvalue weighted by Crippen LogP contribution is -2.31. The number of aromatic nitrogens is 3. The predicted molar refractivity (Wildman–Crippen MR) is 79.2 cm³/mol. The highest BCUT2D eigenvalue weighted by molar-refractivity contribution is 7.22. The van der Waals surface area contributed by atoms with Gasteiger partial charge in [-0.3, -0.25) is 5.32 Å². The molecule has 1 aromatic carbocycles. The van der Waals surface area contributed by atoms with E-state index in [-0.39, 0.29) is 12.1 Å². The normalized spacial score (nSPS) is 12.3. The minimum atomic E-state index is -0.374. The summed E-state index contributed by atoms with van der Waals surface area (Å²) in [5, 5.41) is 9.66. The van der Waals surface area contributed by atoms with Crippen LogP contribution in [0.25, 0.3) is 10.2 Å². The minimum absolute atomic E-state index is 0.364. The number of rotatable bonds is 3. The molecule has 0 unspecified atom stereocenters. The Morgan fingerprint density at radius 1 is 1.33 bits per heavy atom. The van der Waals surface area contributed by atoms with E-state index in [4.69, 9.17) is 4.52 Å². The number of urea groups is 1. The maximum atomic E-state index is 11.9. The Labute approximate surface area is 124 Å². The second kappa shape index (κ2) is 5.49. The van der Waals surface area contributed by atoms with Gasteiger partial charge in [0.15, 0.2) is 11.0 Å². The molecular formula is C13H13N5O2S. The predicted octanol–water partition coefficient (Wildman–Crippen LogP) is 2.87. The van der Waals surface area contributed by atoms with Crippen LogP contribution >= 0.6 is 11.3 Å². The molecule has 0 saturated carbocycles. The Balaban J connectivity index is 1.66. The minimum Gasteiger partial charge on any atom is -0.337 e. The molecule has 2 N–H and O–H groups in total.